The maximum absolute atomic E-state index is 12.2. The topological polar surface area (TPSA) is 77.0 Å². The molecule has 0 aliphatic heterocycles. The number of amides is 1. The fourth-order valence-corrected chi connectivity index (χ4v) is 4.39. The maximum atomic E-state index is 12.2. The average Bonchev–Trinajstić information content (AvgIpc) is 3.29. The van der Waals surface area contributed by atoms with Crippen molar-refractivity contribution in [1.29, 1.82) is 0 Å². The van der Waals surface area contributed by atoms with Gasteiger partial charge in [0.05, 0.1) is 19.2 Å². The predicted molar refractivity (Wildman–Crippen MR) is 107 cm³/mol. The summed E-state index contributed by atoms with van der Waals surface area (Å²) < 4.78 is 5.96. The lowest BCUT2D eigenvalue weighted by molar-refractivity contribution is -0.115. The number of thioether (sulfide) groups is 1. The van der Waals surface area contributed by atoms with Gasteiger partial charge in [-0.3, -0.25) is 4.79 Å². The Morgan fingerprint density at radius 2 is 2.15 bits per heavy atom. The van der Waals surface area contributed by atoms with Gasteiger partial charge in [-0.2, -0.15) is 0 Å². The summed E-state index contributed by atoms with van der Waals surface area (Å²) >= 11 is 4.39. The lowest BCUT2D eigenvalue weighted by atomic mass is 10.2. The molecule has 1 aromatic carbocycles. The Labute approximate surface area is 163 Å². The second-order valence-electron chi connectivity index (χ2n) is 5.07. The third kappa shape index (κ3) is 4.90. The van der Waals surface area contributed by atoms with Crippen LogP contribution in [0.15, 0.2) is 46.6 Å². The number of hydrogen-bond acceptors (Lipinski definition) is 8. The zero-order valence-corrected chi connectivity index (χ0v) is 16.4. The minimum Gasteiger partial charge on any atom is -0.497 e. The molecule has 0 unspecified atom stereocenters. The number of nitrogens with zero attached hydrogens (tertiary/aromatic N) is 3. The molecule has 3 aromatic rings. The van der Waals surface area contributed by atoms with Crippen LogP contribution in [0.5, 0.6) is 5.75 Å². The zero-order chi connectivity index (χ0) is 18.4. The fourth-order valence-electron chi connectivity index (χ4n) is 2.03. The van der Waals surface area contributed by atoms with Crippen molar-refractivity contribution in [2.24, 2.45) is 0 Å². The monoisotopic (exact) mass is 404 g/mol. The second kappa shape index (κ2) is 8.93. The Kier molecular flexibility index (Phi) is 6.37. The van der Waals surface area contributed by atoms with Gasteiger partial charge in [0.1, 0.15) is 10.8 Å². The van der Waals surface area contributed by atoms with Crippen molar-refractivity contribution in [3.63, 3.8) is 0 Å². The van der Waals surface area contributed by atoms with Crippen LogP contribution in [0, 0.1) is 0 Å². The molecule has 0 aliphatic carbocycles. The number of rotatable bonds is 8. The molecule has 0 saturated heterocycles. The molecule has 0 saturated carbocycles. The van der Waals surface area contributed by atoms with E-state index in [-0.39, 0.29) is 12.3 Å². The summed E-state index contributed by atoms with van der Waals surface area (Å²) in [6, 6.07) is 7.68. The van der Waals surface area contributed by atoms with Crippen molar-refractivity contribution in [3.8, 4) is 16.3 Å². The van der Waals surface area contributed by atoms with Crippen LogP contribution >= 0.6 is 34.4 Å². The first kappa shape index (κ1) is 18.6. The number of benzene rings is 1. The number of methoxy groups -OCH3 is 1. The van der Waals surface area contributed by atoms with Gasteiger partial charge in [-0.15, -0.1) is 28.1 Å². The van der Waals surface area contributed by atoms with Crippen molar-refractivity contribution in [2.75, 3.05) is 18.2 Å². The van der Waals surface area contributed by atoms with Crippen molar-refractivity contribution < 1.29 is 9.53 Å². The summed E-state index contributed by atoms with van der Waals surface area (Å²) in [6.07, 6.45) is 1.99. The Balaban J connectivity index is 1.58. The van der Waals surface area contributed by atoms with E-state index in [2.05, 4.69) is 27.1 Å². The van der Waals surface area contributed by atoms with Crippen molar-refractivity contribution in [3.05, 3.63) is 48.0 Å². The van der Waals surface area contributed by atoms with Crippen LogP contribution in [-0.2, 0) is 11.2 Å². The zero-order valence-electron chi connectivity index (χ0n) is 14.0. The van der Waals surface area contributed by atoms with Gasteiger partial charge in [0, 0.05) is 16.7 Å². The summed E-state index contributed by atoms with van der Waals surface area (Å²) in [7, 11) is 1.63. The van der Waals surface area contributed by atoms with Crippen molar-refractivity contribution in [2.45, 2.75) is 10.8 Å². The molecule has 6 nitrogen and oxygen atoms in total. The molecule has 0 radical (unpaired) electrons. The lowest BCUT2D eigenvalue weighted by Gasteiger charge is -2.00. The van der Waals surface area contributed by atoms with Crippen LogP contribution in [0.25, 0.3) is 10.6 Å². The summed E-state index contributed by atoms with van der Waals surface area (Å²) in [5.74, 6) is 1.40. The molecule has 2 aromatic heterocycles. The number of hydrogen-bond donors (Lipinski definition) is 1. The van der Waals surface area contributed by atoms with Crippen LogP contribution in [-0.4, -0.2) is 34.0 Å². The van der Waals surface area contributed by atoms with Gasteiger partial charge >= 0.3 is 0 Å². The van der Waals surface area contributed by atoms with Crippen LogP contribution < -0.4 is 10.1 Å². The van der Waals surface area contributed by atoms with E-state index in [0.29, 0.717) is 5.13 Å². The molecule has 0 fully saturated rings. The van der Waals surface area contributed by atoms with Gasteiger partial charge in [0.25, 0.3) is 0 Å². The predicted octanol–water partition coefficient (Wildman–Crippen LogP) is 4.13. The quantitative estimate of drug-likeness (QED) is 0.346. The van der Waals surface area contributed by atoms with E-state index in [1.54, 1.807) is 13.2 Å². The summed E-state index contributed by atoms with van der Waals surface area (Å²) in [6.45, 7) is 3.66. The van der Waals surface area contributed by atoms with E-state index in [0.717, 1.165) is 32.1 Å². The molecular formula is C17H16N4O2S3. The number of aromatic nitrogens is 3. The molecule has 3 rings (SSSR count). The summed E-state index contributed by atoms with van der Waals surface area (Å²) in [5.41, 5.74) is 1.72. The number of nitrogens with one attached hydrogen (secondary N) is 1. The maximum Gasteiger partial charge on any atom is 0.232 e. The highest BCUT2D eigenvalue weighted by molar-refractivity contribution is 8.01. The van der Waals surface area contributed by atoms with Crippen molar-refractivity contribution >= 4 is 45.5 Å². The molecule has 26 heavy (non-hydrogen) atoms. The molecule has 0 atom stereocenters. The minimum atomic E-state index is -0.159. The smallest absolute Gasteiger partial charge is 0.232 e. The Morgan fingerprint density at radius 3 is 2.88 bits per heavy atom. The first-order valence-corrected chi connectivity index (χ1v) is 10.3. The third-order valence-electron chi connectivity index (χ3n) is 3.21. The number of ether oxygens (including phenoxy) is 1. The largest absolute Gasteiger partial charge is 0.497 e. The van der Waals surface area contributed by atoms with Gasteiger partial charge in [-0.1, -0.05) is 29.2 Å². The highest BCUT2D eigenvalue weighted by atomic mass is 32.2. The van der Waals surface area contributed by atoms with E-state index >= 15 is 0 Å². The highest BCUT2D eigenvalue weighted by Gasteiger charge is 2.12. The minimum absolute atomic E-state index is 0.159. The third-order valence-corrected chi connectivity index (χ3v) is 6.12. The number of anilines is 1. The number of thiazole rings is 1. The summed E-state index contributed by atoms with van der Waals surface area (Å²) in [4.78, 5) is 16.7. The van der Waals surface area contributed by atoms with Gasteiger partial charge < -0.3 is 10.1 Å². The number of carbonyl (C=O) groups is 1. The average molecular weight is 405 g/mol. The van der Waals surface area contributed by atoms with E-state index in [1.807, 2.05) is 29.6 Å². The van der Waals surface area contributed by atoms with Gasteiger partial charge in [-0.25, -0.2) is 4.98 Å². The molecule has 0 spiro atoms. The molecule has 2 heterocycles. The van der Waals surface area contributed by atoms with E-state index < -0.39 is 0 Å². The molecule has 9 heteroatoms. The Bertz CT molecular complexity index is 890. The molecule has 1 amide bonds. The molecule has 0 bridgehead atoms. The van der Waals surface area contributed by atoms with Crippen LogP contribution in [0.1, 0.15) is 5.69 Å². The standard InChI is InChI=1S/C17H16N4O2S3/c1-3-8-24-17-21-20-16(26-17)19-14(22)9-12-10-25-15(18-12)11-4-6-13(23-2)7-5-11/h3-7,10H,1,8-9H2,2H3,(H,19,20,22). The lowest BCUT2D eigenvalue weighted by Crippen LogP contribution is -2.14. The molecular weight excluding hydrogens is 388 g/mol. The number of carbonyl (C=O) groups excluding carboxylic acids is 1. The molecule has 134 valence electrons. The van der Waals surface area contributed by atoms with Crippen LogP contribution in [0.4, 0.5) is 5.13 Å². The second-order valence-corrected chi connectivity index (χ2v) is 8.17. The Morgan fingerprint density at radius 1 is 1.35 bits per heavy atom. The highest BCUT2D eigenvalue weighted by Crippen LogP contribution is 2.27. The van der Waals surface area contributed by atoms with E-state index in [1.165, 1.54) is 34.4 Å². The first-order chi connectivity index (χ1) is 12.7. The normalized spacial score (nSPS) is 10.5. The van der Waals surface area contributed by atoms with Gasteiger partial charge in [0.2, 0.25) is 11.0 Å². The molecule has 0 aliphatic rings. The summed E-state index contributed by atoms with van der Waals surface area (Å²) in [5, 5.41) is 14.0. The van der Waals surface area contributed by atoms with Gasteiger partial charge in [0.15, 0.2) is 4.34 Å². The fraction of sp³-hybridized carbons (Fsp3) is 0.176. The van der Waals surface area contributed by atoms with E-state index in [4.69, 9.17) is 4.74 Å². The van der Waals surface area contributed by atoms with Crippen LogP contribution in [0.2, 0.25) is 0 Å². The first-order valence-electron chi connectivity index (χ1n) is 7.64. The SMILES string of the molecule is C=CCSc1nnc(NC(=O)Cc2csc(-c3ccc(OC)cc3)n2)s1. The Hall–Kier alpha value is -2.23. The van der Waals surface area contributed by atoms with Crippen LogP contribution in [0.3, 0.4) is 0 Å². The molecule has 1 N–H and O–H groups in total. The van der Waals surface area contributed by atoms with Gasteiger partial charge in [-0.05, 0) is 24.3 Å². The van der Waals surface area contributed by atoms with Crippen molar-refractivity contribution in [1.82, 2.24) is 15.2 Å². The van der Waals surface area contributed by atoms with E-state index in [9.17, 15) is 4.79 Å².